The molecule has 0 spiro atoms. The van der Waals surface area contributed by atoms with Gasteiger partial charge in [-0.25, -0.2) is 4.79 Å². The van der Waals surface area contributed by atoms with E-state index in [1.54, 1.807) is 0 Å². The fraction of sp³-hybridized carbons (Fsp3) is 0.296. The second kappa shape index (κ2) is 12.5. The summed E-state index contributed by atoms with van der Waals surface area (Å²) in [4.78, 5) is 55.1. The number of aliphatic carboxylic acids is 1. The van der Waals surface area contributed by atoms with Gasteiger partial charge in [0.15, 0.2) is 34.8 Å². The van der Waals surface area contributed by atoms with Gasteiger partial charge in [0.25, 0.3) is 0 Å². The van der Waals surface area contributed by atoms with Crippen LogP contribution in [0.5, 0.6) is 23.0 Å². The Bertz CT molecular complexity index is 1280. The molecule has 0 bridgehead atoms. The lowest BCUT2D eigenvalue weighted by Gasteiger charge is -2.39. The van der Waals surface area contributed by atoms with Gasteiger partial charge in [0, 0.05) is 12.8 Å². The number of carbonyl (C=O) groups is 3. The van der Waals surface area contributed by atoms with Crippen LogP contribution in [0, 0.1) is 0 Å². The molecule has 4 atom stereocenters. The zero-order valence-electron chi connectivity index (χ0n) is 21.0. The lowest BCUT2D eigenvalue weighted by atomic mass is 9.80. The van der Waals surface area contributed by atoms with Gasteiger partial charge in [-0.1, -0.05) is 24.3 Å². The highest BCUT2D eigenvalue weighted by Crippen LogP contribution is 2.36. The van der Waals surface area contributed by atoms with Crippen LogP contribution in [-0.4, -0.2) is 67.0 Å². The van der Waals surface area contributed by atoms with Gasteiger partial charge >= 0.3 is 5.97 Å². The molecule has 1 aliphatic carbocycles. The number of carboxylic acids is 1. The normalized spacial score (nSPS) is 23.1. The first-order valence-electron chi connectivity index (χ1n) is 11.7. The number of allylic oxidation sites excluding steroid dienone is 2. The first kappa shape index (κ1) is 29.3. The van der Waals surface area contributed by atoms with Crippen molar-refractivity contribution in [3.63, 3.8) is 0 Å². The Morgan fingerprint density at radius 2 is 1.33 bits per heavy atom. The second-order valence-electron chi connectivity index (χ2n) is 9.02. The van der Waals surface area contributed by atoms with Crippen molar-refractivity contribution in [1.29, 1.82) is 0 Å². The number of phenols is 2. The van der Waals surface area contributed by atoms with Gasteiger partial charge in [0.05, 0.1) is 6.10 Å². The maximum Gasteiger partial charge on any atom is 0.335 e. The Morgan fingerprint density at radius 3 is 1.79 bits per heavy atom. The molecule has 0 amide bonds. The van der Waals surface area contributed by atoms with Crippen LogP contribution in [0.1, 0.15) is 37.8 Å². The van der Waals surface area contributed by atoms with E-state index in [1.165, 1.54) is 74.5 Å². The van der Waals surface area contributed by atoms with E-state index in [9.17, 15) is 39.9 Å². The molecule has 3 rings (SSSR count). The number of rotatable bonds is 11. The monoisotopic (exact) mass is 544 g/mol. The molecule has 1 saturated carbocycles. The average Bonchev–Trinajstić information content (AvgIpc) is 2.86. The summed E-state index contributed by atoms with van der Waals surface area (Å²) in [6.45, 7) is 2.72. The van der Waals surface area contributed by atoms with Crippen LogP contribution < -0.4 is 9.78 Å². The van der Waals surface area contributed by atoms with E-state index < -0.39 is 42.7 Å². The predicted octanol–water partition coefficient (Wildman–Crippen LogP) is 2.33. The zero-order valence-corrected chi connectivity index (χ0v) is 21.0. The van der Waals surface area contributed by atoms with E-state index in [-0.39, 0.29) is 34.6 Å². The topological polar surface area (TPSA) is 189 Å². The Kier molecular flexibility index (Phi) is 9.43. The van der Waals surface area contributed by atoms with Gasteiger partial charge in [-0.2, -0.15) is 9.78 Å². The largest absolute Gasteiger partial charge is 0.504 e. The van der Waals surface area contributed by atoms with E-state index in [4.69, 9.17) is 19.6 Å². The highest BCUT2D eigenvalue weighted by Gasteiger charge is 2.52. The van der Waals surface area contributed by atoms with E-state index in [0.717, 1.165) is 0 Å². The molecule has 2 aromatic rings. The van der Waals surface area contributed by atoms with Gasteiger partial charge in [0.1, 0.15) is 6.10 Å². The molecule has 0 unspecified atom stereocenters. The number of benzene rings is 2. The third-order valence-electron chi connectivity index (χ3n) is 5.73. The van der Waals surface area contributed by atoms with E-state index in [1.807, 2.05) is 0 Å². The summed E-state index contributed by atoms with van der Waals surface area (Å²) in [5.41, 5.74) is -1.45. The highest BCUT2D eigenvalue weighted by molar-refractivity contribution is 5.92. The molecular weight excluding hydrogens is 516 g/mol. The standard InChI is InChI=1S/C27H28O12/c1-15(28)3-5-17-7-9-19(30)22(11-17)36-38-24-14-27(35,26(33)34)13-21(32)25(24)39-37-23-12-18(6-4-16(2)29)8-10-20(23)31/h3-12,21,24-25,30-32,35H,13-14H2,1-2H3,(H,33,34)/b5-3+,6-4+/t21-,24-,25-,27+/m0/s1. The van der Waals surface area contributed by atoms with Gasteiger partial charge in [-0.15, -0.1) is 0 Å². The van der Waals surface area contributed by atoms with Crippen molar-refractivity contribution in [1.82, 2.24) is 0 Å². The highest BCUT2D eigenvalue weighted by atomic mass is 17.2. The van der Waals surface area contributed by atoms with Crippen molar-refractivity contribution in [2.45, 2.75) is 50.6 Å². The maximum absolute atomic E-state index is 11.7. The van der Waals surface area contributed by atoms with Crippen molar-refractivity contribution in [2.24, 2.45) is 0 Å². The number of phenolic OH excluding ortho intramolecular Hbond substituents is 2. The molecule has 208 valence electrons. The first-order valence-corrected chi connectivity index (χ1v) is 11.7. The smallest absolute Gasteiger partial charge is 0.335 e. The van der Waals surface area contributed by atoms with Crippen molar-refractivity contribution in [3.8, 4) is 23.0 Å². The van der Waals surface area contributed by atoms with E-state index >= 15 is 0 Å². The summed E-state index contributed by atoms with van der Waals surface area (Å²) in [7, 11) is 0. The second-order valence-corrected chi connectivity index (χ2v) is 9.02. The number of hydrogen-bond donors (Lipinski definition) is 5. The number of aliphatic hydroxyl groups excluding tert-OH is 1. The van der Waals surface area contributed by atoms with Crippen LogP contribution >= 0.6 is 0 Å². The quantitative estimate of drug-likeness (QED) is 0.158. The summed E-state index contributed by atoms with van der Waals surface area (Å²) in [6, 6.07) is 8.25. The Labute approximate surface area is 222 Å². The summed E-state index contributed by atoms with van der Waals surface area (Å²) in [5.74, 6) is -3.11. The van der Waals surface area contributed by atoms with Crippen molar-refractivity contribution in [3.05, 3.63) is 59.7 Å². The van der Waals surface area contributed by atoms with Crippen molar-refractivity contribution in [2.75, 3.05) is 0 Å². The fourth-order valence-corrected chi connectivity index (χ4v) is 3.68. The Balaban J connectivity index is 1.81. The number of aromatic hydroxyl groups is 2. The van der Waals surface area contributed by atoms with Crippen molar-refractivity contribution < 1.29 is 59.5 Å². The lowest BCUT2D eigenvalue weighted by Crippen LogP contribution is -2.58. The minimum absolute atomic E-state index is 0.186. The molecule has 0 saturated heterocycles. The van der Waals surface area contributed by atoms with Crippen LogP contribution in [0.2, 0.25) is 0 Å². The molecule has 12 nitrogen and oxygen atoms in total. The van der Waals surface area contributed by atoms with Crippen LogP contribution in [0.25, 0.3) is 12.2 Å². The van der Waals surface area contributed by atoms with Crippen molar-refractivity contribution >= 4 is 29.7 Å². The fourth-order valence-electron chi connectivity index (χ4n) is 3.68. The van der Waals surface area contributed by atoms with E-state index in [0.29, 0.717) is 11.1 Å². The van der Waals surface area contributed by atoms with E-state index in [2.05, 4.69) is 0 Å². The molecule has 39 heavy (non-hydrogen) atoms. The molecular formula is C27H28O12. The van der Waals surface area contributed by atoms with Gasteiger partial charge < -0.3 is 35.3 Å². The summed E-state index contributed by atoms with van der Waals surface area (Å²) in [5, 5.41) is 50.9. The molecule has 1 aliphatic rings. The average molecular weight is 545 g/mol. The molecule has 0 radical (unpaired) electrons. The van der Waals surface area contributed by atoms with Crippen LogP contribution in [0.4, 0.5) is 0 Å². The first-order chi connectivity index (χ1) is 18.4. The van der Waals surface area contributed by atoms with Gasteiger partial charge in [-0.05, 0) is 61.4 Å². The molecule has 0 heterocycles. The third kappa shape index (κ3) is 7.88. The predicted molar refractivity (Wildman–Crippen MR) is 134 cm³/mol. The number of carbonyl (C=O) groups excluding carboxylic acids is 2. The lowest BCUT2D eigenvalue weighted by molar-refractivity contribution is -0.355. The molecule has 2 aromatic carbocycles. The number of carboxylic acid groups (broad SMARTS) is 1. The number of hydrogen-bond acceptors (Lipinski definition) is 11. The molecule has 12 heteroatoms. The maximum atomic E-state index is 11.7. The third-order valence-corrected chi connectivity index (χ3v) is 5.73. The van der Waals surface area contributed by atoms with Crippen LogP contribution in [0.15, 0.2) is 48.6 Å². The molecule has 0 aliphatic heterocycles. The van der Waals surface area contributed by atoms with Gasteiger partial charge in [0.2, 0.25) is 11.5 Å². The molecule has 5 N–H and O–H groups in total. The summed E-state index contributed by atoms with van der Waals surface area (Å²) < 4.78 is 0. The Hall–Kier alpha value is -4.23. The summed E-state index contributed by atoms with van der Waals surface area (Å²) in [6.07, 6.45) is -0.214. The van der Waals surface area contributed by atoms with Gasteiger partial charge in [-0.3, -0.25) is 9.59 Å². The number of aliphatic hydroxyl groups is 2. The molecule has 1 fully saturated rings. The number of ketones is 2. The Morgan fingerprint density at radius 1 is 0.846 bits per heavy atom. The SMILES string of the molecule is CC(=O)/C=C/c1ccc(O)c(OO[C@@H]2[C@@H](OOc3cc(/C=C/C(C)=O)ccc3O)C[C@@](O)(C(=O)O)C[C@@H]2O)c1. The zero-order chi connectivity index (χ0) is 28.7. The van der Waals surface area contributed by atoms with Crippen LogP contribution in [0.3, 0.4) is 0 Å². The minimum Gasteiger partial charge on any atom is -0.504 e. The van der Waals surface area contributed by atoms with Crippen LogP contribution in [-0.2, 0) is 24.2 Å². The molecule has 0 aromatic heterocycles. The minimum atomic E-state index is -2.40. The summed E-state index contributed by atoms with van der Waals surface area (Å²) >= 11 is 0.